The SMILES string of the molecule is CC1C(=O)NC(=O)CN1C(=O)C(CN)Cc1ccccc1. The Morgan fingerprint density at radius 3 is 2.67 bits per heavy atom. The molecule has 3 N–H and O–H groups in total. The maximum Gasteiger partial charge on any atom is 0.249 e. The van der Waals surface area contributed by atoms with Crippen molar-refractivity contribution in [3.05, 3.63) is 35.9 Å². The van der Waals surface area contributed by atoms with E-state index in [9.17, 15) is 14.4 Å². The second kappa shape index (κ2) is 6.49. The molecule has 0 aromatic heterocycles. The second-order valence-electron chi connectivity index (χ2n) is 5.18. The molecule has 1 fully saturated rings. The third-order valence-corrected chi connectivity index (χ3v) is 3.67. The highest BCUT2D eigenvalue weighted by Crippen LogP contribution is 2.14. The highest BCUT2D eigenvalue weighted by molar-refractivity contribution is 6.04. The van der Waals surface area contributed by atoms with Crippen molar-refractivity contribution in [3.63, 3.8) is 0 Å². The van der Waals surface area contributed by atoms with Gasteiger partial charge in [-0.3, -0.25) is 19.7 Å². The Morgan fingerprint density at radius 1 is 1.38 bits per heavy atom. The summed E-state index contributed by atoms with van der Waals surface area (Å²) in [7, 11) is 0. The number of rotatable bonds is 4. The average Bonchev–Trinajstić information content (AvgIpc) is 2.49. The number of piperazine rings is 1. The summed E-state index contributed by atoms with van der Waals surface area (Å²) in [5.74, 6) is -1.59. The molecule has 0 radical (unpaired) electrons. The summed E-state index contributed by atoms with van der Waals surface area (Å²) in [5.41, 5.74) is 6.71. The molecule has 21 heavy (non-hydrogen) atoms. The first-order valence-corrected chi connectivity index (χ1v) is 6.91. The molecule has 6 nitrogen and oxygen atoms in total. The maximum atomic E-state index is 12.5. The summed E-state index contributed by atoms with van der Waals surface area (Å²) < 4.78 is 0. The van der Waals surface area contributed by atoms with E-state index in [-0.39, 0.29) is 19.0 Å². The predicted octanol–water partition coefficient (Wildman–Crippen LogP) is -0.322. The minimum atomic E-state index is -0.653. The molecule has 0 bridgehead atoms. The van der Waals surface area contributed by atoms with Gasteiger partial charge in [0.1, 0.15) is 12.6 Å². The number of benzene rings is 1. The van der Waals surface area contributed by atoms with Crippen LogP contribution in [0.4, 0.5) is 0 Å². The smallest absolute Gasteiger partial charge is 0.249 e. The Balaban J connectivity index is 2.12. The van der Waals surface area contributed by atoms with Gasteiger partial charge in [-0.05, 0) is 18.9 Å². The second-order valence-corrected chi connectivity index (χ2v) is 5.18. The molecule has 6 heteroatoms. The Kier molecular flexibility index (Phi) is 4.70. The van der Waals surface area contributed by atoms with Crippen LogP contribution in [0.25, 0.3) is 0 Å². The lowest BCUT2D eigenvalue weighted by Gasteiger charge is -2.34. The van der Waals surface area contributed by atoms with E-state index < -0.39 is 23.8 Å². The third kappa shape index (κ3) is 3.46. The Labute approximate surface area is 123 Å². The topological polar surface area (TPSA) is 92.5 Å². The fourth-order valence-electron chi connectivity index (χ4n) is 2.39. The highest BCUT2D eigenvalue weighted by atomic mass is 16.2. The Morgan fingerprint density at radius 2 is 2.05 bits per heavy atom. The van der Waals surface area contributed by atoms with Gasteiger partial charge in [-0.25, -0.2) is 0 Å². The van der Waals surface area contributed by atoms with Crippen LogP contribution >= 0.6 is 0 Å². The number of hydrogen-bond acceptors (Lipinski definition) is 4. The molecule has 0 spiro atoms. The van der Waals surface area contributed by atoms with Crippen molar-refractivity contribution in [2.45, 2.75) is 19.4 Å². The number of nitrogens with one attached hydrogen (secondary N) is 1. The number of nitrogens with two attached hydrogens (primary N) is 1. The van der Waals surface area contributed by atoms with E-state index in [4.69, 9.17) is 5.73 Å². The summed E-state index contributed by atoms with van der Waals surface area (Å²) in [6.45, 7) is 1.68. The molecule has 1 aromatic rings. The van der Waals surface area contributed by atoms with Crippen LogP contribution in [0.15, 0.2) is 30.3 Å². The molecule has 1 heterocycles. The van der Waals surface area contributed by atoms with Crippen LogP contribution in [-0.4, -0.2) is 41.8 Å². The van der Waals surface area contributed by atoms with Crippen LogP contribution in [0.1, 0.15) is 12.5 Å². The van der Waals surface area contributed by atoms with Gasteiger partial charge >= 0.3 is 0 Å². The van der Waals surface area contributed by atoms with Crippen LogP contribution in [0, 0.1) is 5.92 Å². The van der Waals surface area contributed by atoms with Gasteiger partial charge in [-0.2, -0.15) is 0 Å². The molecule has 1 aromatic carbocycles. The van der Waals surface area contributed by atoms with Crippen molar-refractivity contribution in [3.8, 4) is 0 Å². The average molecular weight is 289 g/mol. The first-order chi connectivity index (χ1) is 10.0. The van der Waals surface area contributed by atoms with Crippen molar-refractivity contribution in [1.82, 2.24) is 10.2 Å². The molecule has 112 valence electrons. The quantitative estimate of drug-likeness (QED) is 0.743. The number of amides is 3. The predicted molar refractivity (Wildman–Crippen MR) is 77.0 cm³/mol. The lowest BCUT2D eigenvalue weighted by atomic mass is 9.97. The van der Waals surface area contributed by atoms with E-state index in [0.29, 0.717) is 6.42 Å². The van der Waals surface area contributed by atoms with E-state index in [1.807, 2.05) is 30.3 Å². The van der Waals surface area contributed by atoms with Crippen LogP contribution in [0.2, 0.25) is 0 Å². The van der Waals surface area contributed by atoms with Crippen molar-refractivity contribution < 1.29 is 14.4 Å². The number of carbonyl (C=O) groups is 3. The summed E-state index contributed by atoms with van der Waals surface area (Å²) in [6, 6.07) is 8.89. The van der Waals surface area contributed by atoms with Crippen LogP contribution in [0.3, 0.4) is 0 Å². The molecular weight excluding hydrogens is 270 g/mol. The number of hydrogen-bond donors (Lipinski definition) is 2. The lowest BCUT2D eigenvalue weighted by molar-refractivity contribution is -0.151. The fraction of sp³-hybridized carbons (Fsp3) is 0.400. The molecule has 0 aliphatic carbocycles. The Bertz CT molecular complexity index is 544. The largest absolute Gasteiger partial charge is 0.330 e. The molecule has 2 rings (SSSR count). The van der Waals surface area contributed by atoms with Gasteiger partial charge in [0, 0.05) is 6.54 Å². The molecule has 2 atom stereocenters. The fourth-order valence-corrected chi connectivity index (χ4v) is 2.39. The molecule has 1 saturated heterocycles. The number of nitrogens with zero attached hydrogens (tertiary/aromatic N) is 1. The summed E-state index contributed by atoms with van der Waals surface area (Å²) in [4.78, 5) is 36.9. The summed E-state index contributed by atoms with van der Waals surface area (Å²) >= 11 is 0. The highest BCUT2D eigenvalue weighted by Gasteiger charge is 2.36. The molecular formula is C15H19N3O3. The van der Waals surface area contributed by atoms with Crippen molar-refractivity contribution in [1.29, 1.82) is 0 Å². The van der Waals surface area contributed by atoms with Gasteiger partial charge in [0.05, 0.1) is 5.92 Å². The molecule has 3 amide bonds. The van der Waals surface area contributed by atoms with E-state index in [1.54, 1.807) is 6.92 Å². The monoisotopic (exact) mass is 289 g/mol. The minimum Gasteiger partial charge on any atom is -0.330 e. The van der Waals surface area contributed by atoms with Crippen LogP contribution < -0.4 is 11.1 Å². The normalized spacial score (nSPS) is 20.1. The first-order valence-electron chi connectivity index (χ1n) is 6.91. The summed E-state index contributed by atoms with van der Waals surface area (Å²) in [5, 5.41) is 2.22. The summed E-state index contributed by atoms with van der Waals surface area (Å²) in [6.07, 6.45) is 0.495. The Hall–Kier alpha value is -2.21. The zero-order valence-electron chi connectivity index (χ0n) is 11.9. The van der Waals surface area contributed by atoms with E-state index >= 15 is 0 Å². The number of imide groups is 1. The standard InChI is InChI=1S/C15H19N3O3/c1-10-14(20)17-13(19)9-18(10)15(21)12(8-16)7-11-5-3-2-4-6-11/h2-6,10,12H,7-9,16H2,1H3,(H,17,19,20). The zero-order chi connectivity index (χ0) is 15.4. The van der Waals surface area contributed by atoms with Gasteiger partial charge in [0.2, 0.25) is 17.7 Å². The number of carbonyl (C=O) groups excluding carboxylic acids is 3. The molecule has 1 aliphatic heterocycles. The molecule has 2 unspecified atom stereocenters. The van der Waals surface area contributed by atoms with Gasteiger partial charge in [0.15, 0.2) is 0 Å². The van der Waals surface area contributed by atoms with E-state index in [2.05, 4.69) is 5.32 Å². The van der Waals surface area contributed by atoms with Gasteiger partial charge in [-0.15, -0.1) is 0 Å². The first kappa shape index (κ1) is 15.2. The maximum absolute atomic E-state index is 12.5. The zero-order valence-corrected chi connectivity index (χ0v) is 11.9. The van der Waals surface area contributed by atoms with Gasteiger partial charge in [-0.1, -0.05) is 30.3 Å². The minimum absolute atomic E-state index is 0.100. The van der Waals surface area contributed by atoms with Gasteiger partial charge < -0.3 is 10.6 Å². The van der Waals surface area contributed by atoms with Crippen molar-refractivity contribution in [2.75, 3.05) is 13.1 Å². The third-order valence-electron chi connectivity index (χ3n) is 3.67. The van der Waals surface area contributed by atoms with E-state index in [1.165, 1.54) is 4.90 Å². The van der Waals surface area contributed by atoms with Crippen molar-refractivity contribution >= 4 is 17.7 Å². The van der Waals surface area contributed by atoms with Crippen LogP contribution in [0.5, 0.6) is 0 Å². The van der Waals surface area contributed by atoms with Gasteiger partial charge in [0.25, 0.3) is 0 Å². The molecule has 0 saturated carbocycles. The lowest BCUT2D eigenvalue weighted by Crippen LogP contribution is -2.60. The van der Waals surface area contributed by atoms with E-state index in [0.717, 1.165) is 5.56 Å². The molecule has 1 aliphatic rings. The van der Waals surface area contributed by atoms with Crippen LogP contribution in [-0.2, 0) is 20.8 Å². The van der Waals surface area contributed by atoms with Crippen molar-refractivity contribution in [2.24, 2.45) is 11.7 Å².